The number of carbonyl (C=O) groups excluding carboxylic acids is 1. The molecule has 1 saturated carbocycles. The summed E-state index contributed by atoms with van der Waals surface area (Å²) < 4.78 is 0. The summed E-state index contributed by atoms with van der Waals surface area (Å²) in [6.07, 6.45) is 5.70. The van der Waals surface area contributed by atoms with E-state index in [-0.39, 0.29) is 12.4 Å². The molecule has 1 atom stereocenters. The van der Waals surface area contributed by atoms with Gasteiger partial charge in [0.25, 0.3) is 0 Å². The smallest absolute Gasteiger partial charge is 0.223 e. The Kier molecular flexibility index (Phi) is 5.80. The van der Waals surface area contributed by atoms with E-state index in [0.717, 1.165) is 32.7 Å². The minimum Gasteiger partial charge on any atom is -0.340 e. The molecule has 2 fully saturated rings. The number of halogens is 1. The number of nitrogens with zero attached hydrogens (tertiary/aromatic N) is 2. The Balaban J connectivity index is 0.00000169. The summed E-state index contributed by atoms with van der Waals surface area (Å²) in [5, 5.41) is 3.31. The first-order chi connectivity index (χ1) is 11.3. The largest absolute Gasteiger partial charge is 0.340 e. The van der Waals surface area contributed by atoms with Crippen molar-refractivity contribution in [3.63, 3.8) is 0 Å². The molecule has 1 N–H and O–H groups in total. The molecule has 4 nitrogen and oxygen atoms in total. The molecule has 1 heterocycles. The number of benzene rings is 1. The van der Waals surface area contributed by atoms with E-state index in [1.165, 1.54) is 36.8 Å². The maximum absolute atomic E-state index is 12.5. The number of piperazine rings is 1. The van der Waals surface area contributed by atoms with Gasteiger partial charge < -0.3 is 10.2 Å². The molecule has 0 aromatic heterocycles. The SMILES string of the molecule is Cl.O=C(CCN(C1CC1)C1CCc2ccccc21)N1CCNCC1. The van der Waals surface area contributed by atoms with Crippen LogP contribution in [-0.2, 0) is 11.2 Å². The standard InChI is InChI=1S/C19H27N3O.ClH/c23-19(21-13-10-20-11-14-21)9-12-22(16-6-7-16)18-8-5-15-3-1-2-4-17(15)18;/h1-4,16,18,20H,5-14H2;1H. The molecule has 1 aromatic carbocycles. The monoisotopic (exact) mass is 349 g/mol. The molecule has 3 aliphatic rings. The quantitative estimate of drug-likeness (QED) is 0.886. The number of nitrogens with one attached hydrogen (secondary N) is 1. The van der Waals surface area contributed by atoms with Crippen molar-refractivity contribution < 1.29 is 4.79 Å². The minimum absolute atomic E-state index is 0. The summed E-state index contributed by atoms with van der Waals surface area (Å²) in [5.74, 6) is 0.337. The molecule has 1 unspecified atom stereocenters. The van der Waals surface area contributed by atoms with E-state index in [9.17, 15) is 4.79 Å². The van der Waals surface area contributed by atoms with Gasteiger partial charge in [-0.25, -0.2) is 0 Å². The molecule has 1 saturated heterocycles. The molecule has 0 bridgehead atoms. The third-order valence-corrected chi connectivity index (χ3v) is 5.57. The highest BCUT2D eigenvalue weighted by Gasteiger charge is 2.37. The molecule has 0 spiro atoms. The summed E-state index contributed by atoms with van der Waals surface area (Å²) in [4.78, 5) is 17.1. The van der Waals surface area contributed by atoms with Crippen LogP contribution in [0.3, 0.4) is 0 Å². The van der Waals surface area contributed by atoms with Gasteiger partial charge >= 0.3 is 0 Å². The summed E-state index contributed by atoms with van der Waals surface area (Å²) in [7, 11) is 0. The van der Waals surface area contributed by atoms with Crippen LogP contribution >= 0.6 is 12.4 Å². The Morgan fingerprint density at radius 3 is 2.67 bits per heavy atom. The van der Waals surface area contributed by atoms with Gasteiger partial charge in [0.15, 0.2) is 0 Å². The van der Waals surface area contributed by atoms with Crippen LogP contribution in [0.1, 0.15) is 42.9 Å². The number of fused-ring (bicyclic) bond motifs is 1. The molecule has 5 heteroatoms. The van der Waals surface area contributed by atoms with Crippen LogP contribution in [-0.4, -0.2) is 54.5 Å². The van der Waals surface area contributed by atoms with Crippen LogP contribution in [0.25, 0.3) is 0 Å². The van der Waals surface area contributed by atoms with Gasteiger partial charge in [0, 0.05) is 51.2 Å². The van der Waals surface area contributed by atoms with Gasteiger partial charge in [-0.15, -0.1) is 12.4 Å². The first-order valence-corrected chi connectivity index (χ1v) is 9.15. The van der Waals surface area contributed by atoms with E-state index in [0.29, 0.717) is 24.4 Å². The summed E-state index contributed by atoms with van der Waals surface area (Å²) in [6.45, 7) is 4.54. The van der Waals surface area contributed by atoms with Crippen molar-refractivity contribution in [2.45, 2.75) is 44.2 Å². The van der Waals surface area contributed by atoms with Crippen LogP contribution < -0.4 is 5.32 Å². The number of hydrogen-bond donors (Lipinski definition) is 1. The van der Waals surface area contributed by atoms with Crippen LogP contribution in [0.2, 0.25) is 0 Å². The van der Waals surface area contributed by atoms with E-state index in [1.807, 2.05) is 4.90 Å². The van der Waals surface area contributed by atoms with Crippen LogP contribution in [0.5, 0.6) is 0 Å². The van der Waals surface area contributed by atoms with E-state index < -0.39 is 0 Å². The Morgan fingerprint density at radius 2 is 1.92 bits per heavy atom. The van der Waals surface area contributed by atoms with Crippen LogP contribution in [0.15, 0.2) is 24.3 Å². The normalized spacial score (nSPS) is 23.0. The Morgan fingerprint density at radius 1 is 1.17 bits per heavy atom. The first-order valence-electron chi connectivity index (χ1n) is 9.15. The topological polar surface area (TPSA) is 35.6 Å². The number of carbonyl (C=O) groups is 1. The average molecular weight is 350 g/mol. The fraction of sp³-hybridized carbons (Fsp3) is 0.632. The van der Waals surface area contributed by atoms with Crippen molar-refractivity contribution in [2.75, 3.05) is 32.7 Å². The Bertz CT molecular complexity index is 569. The average Bonchev–Trinajstić information content (AvgIpc) is 3.36. The lowest BCUT2D eigenvalue weighted by molar-refractivity contribution is -0.132. The molecule has 1 aromatic rings. The van der Waals surface area contributed by atoms with Gasteiger partial charge in [0.1, 0.15) is 0 Å². The van der Waals surface area contributed by atoms with Crippen molar-refractivity contribution in [3.8, 4) is 0 Å². The van der Waals surface area contributed by atoms with Gasteiger partial charge in [-0.1, -0.05) is 24.3 Å². The molecule has 4 rings (SSSR count). The zero-order valence-corrected chi connectivity index (χ0v) is 15.1. The number of hydrogen-bond acceptors (Lipinski definition) is 3. The second-order valence-corrected chi connectivity index (χ2v) is 7.10. The Hall–Kier alpha value is -1.10. The van der Waals surface area contributed by atoms with E-state index >= 15 is 0 Å². The lowest BCUT2D eigenvalue weighted by atomic mass is 10.1. The van der Waals surface area contributed by atoms with Gasteiger partial charge in [-0.2, -0.15) is 0 Å². The second-order valence-electron chi connectivity index (χ2n) is 7.10. The predicted molar refractivity (Wildman–Crippen MR) is 98.5 cm³/mol. The van der Waals surface area contributed by atoms with E-state index in [1.54, 1.807) is 0 Å². The summed E-state index contributed by atoms with van der Waals surface area (Å²) in [6, 6.07) is 10.1. The van der Waals surface area contributed by atoms with Gasteiger partial charge in [0.2, 0.25) is 5.91 Å². The highest BCUT2D eigenvalue weighted by molar-refractivity contribution is 5.85. The fourth-order valence-corrected chi connectivity index (χ4v) is 4.18. The molecule has 132 valence electrons. The highest BCUT2D eigenvalue weighted by atomic mass is 35.5. The summed E-state index contributed by atoms with van der Waals surface area (Å²) in [5.41, 5.74) is 3.02. The van der Waals surface area contributed by atoms with E-state index in [4.69, 9.17) is 0 Å². The van der Waals surface area contributed by atoms with Crippen molar-refractivity contribution in [1.82, 2.24) is 15.1 Å². The molecule has 24 heavy (non-hydrogen) atoms. The number of aryl methyl sites for hydroxylation is 1. The van der Waals surface area contributed by atoms with Crippen molar-refractivity contribution in [2.24, 2.45) is 0 Å². The molecule has 0 radical (unpaired) electrons. The number of rotatable bonds is 5. The molecule has 2 aliphatic carbocycles. The van der Waals surface area contributed by atoms with E-state index in [2.05, 4.69) is 34.5 Å². The zero-order chi connectivity index (χ0) is 15.6. The predicted octanol–water partition coefficient (Wildman–Crippen LogP) is 2.38. The zero-order valence-electron chi connectivity index (χ0n) is 14.2. The Labute approximate surface area is 151 Å². The molecular weight excluding hydrogens is 322 g/mol. The van der Waals surface area contributed by atoms with Gasteiger partial charge in [-0.3, -0.25) is 9.69 Å². The lowest BCUT2D eigenvalue weighted by Crippen LogP contribution is -2.47. The number of amides is 1. The molecular formula is C19H28ClN3O. The second kappa shape index (κ2) is 7.85. The third kappa shape index (κ3) is 3.76. The molecule has 1 amide bonds. The van der Waals surface area contributed by atoms with Crippen molar-refractivity contribution in [3.05, 3.63) is 35.4 Å². The van der Waals surface area contributed by atoms with Crippen LogP contribution in [0, 0.1) is 0 Å². The first kappa shape index (κ1) is 17.7. The van der Waals surface area contributed by atoms with Crippen molar-refractivity contribution >= 4 is 18.3 Å². The van der Waals surface area contributed by atoms with Crippen molar-refractivity contribution in [1.29, 1.82) is 0 Å². The maximum atomic E-state index is 12.5. The summed E-state index contributed by atoms with van der Waals surface area (Å²) >= 11 is 0. The highest BCUT2D eigenvalue weighted by Crippen LogP contribution is 2.41. The lowest BCUT2D eigenvalue weighted by Gasteiger charge is -2.32. The van der Waals surface area contributed by atoms with Crippen LogP contribution in [0.4, 0.5) is 0 Å². The maximum Gasteiger partial charge on any atom is 0.223 e. The van der Waals surface area contributed by atoms with Gasteiger partial charge in [-0.05, 0) is 36.8 Å². The minimum atomic E-state index is 0. The van der Waals surface area contributed by atoms with Gasteiger partial charge in [0.05, 0.1) is 0 Å². The fourth-order valence-electron chi connectivity index (χ4n) is 4.18. The molecule has 1 aliphatic heterocycles. The third-order valence-electron chi connectivity index (χ3n) is 5.57.